The molecule has 2 aromatic heterocycles. The van der Waals surface area contributed by atoms with Crippen LogP contribution < -0.4 is 0 Å². The summed E-state index contributed by atoms with van der Waals surface area (Å²) in [5.41, 5.74) is 0.131. The molecule has 21 heavy (non-hydrogen) atoms. The lowest BCUT2D eigenvalue weighted by atomic mass is 10.1. The minimum absolute atomic E-state index is 0.131. The molecule has 2 aromatic rings. The molecular formula is C15H19N3O2S. The molecule has 0 amide bonds. The number of likely N-dealkylation sites (tertiary alicyclic amines) is 1. The Kier molecular flexibility index (Phi) is 4.07. The van der Waals surface area contributed by atoms with Gasteiger partial charge in [-0.05, 0) is 38.0 Å². The van der Waals surface area contributed by atoms with Gasteiger partial charge < -0.3 is 5.11 Å². The van der Waals surface area contributed by atoms with Crippen molar-refractivity contribution >= 4 is 17.3 Å². The molecule has 0 spiro atoms. The summed E-state index contributed by atoms with van der Waals surface area (Å²) in [6.45, 7) is 5.22. The Morgan fingerprint density at radius 1 is 1.38 bits per heavy atom. The van der Waals surface area contributed by atoms with Gasteiger partial charge in [-0.25, -0.2) is 4.79 Å². The van der Waals surface area contributed by atoms with Crippen molar-refractivity contribution in [1.29, 1.82) is 0 Å². The first kappa shape index (κ1) is 14.3. The van der Waals surface area contributed by atoms with Crippen LogP contribution in [0.25, 0.3) is 0 Å². The van der Waals surface area contributed by atoms with Crippen molar-refractivity contribution in [2.45, 2.75) is 32.4 Å². The average molecular weight is 305 g/mol. The Morgan fingerprint density at radius 2 is 2.14 bits per heavy atom. The number of aromatic nitrogens is 2. The van der Waals surface area contributed by atoms with Gasteiger partial charge in [-0.15, -0.1) is 11.3 Å². The Bertz CT molecular complexity index is 626. The zero-order valence-electron chi connectivity index (χ0n) is 12.0. The summed E-state index contributed by atoms with van der Waals surface area (Å²) in [7, 11) is 0. The van der Waals surface area contributed by atoms with E-state index in [2.05, 4.69) is 29.1 Å². The fourth-order valence-corrected chi connectivity index (χ4v) is 3.72. The normalized spacial score (nSPS) is 17.2. The standard InChI is InChI=1S/C15H19N3O2S/c1-11-2-3-13(21-11)10-17-7-4-12(5-8-17)18-9-6-14(16-18)15(19)20/h2-3,6,9,12H,4-5,7-8,10H2,1H3,(H,19,20). The predicted octanol–water partition coefficient (Wildman–Crippen LogP) is 2.79. The van der Waals surface area contributed by atoms with E-state index < -0.39 is 5.97 Å². The van der Waals surface area contributed by atoms with Gasteiger partial charge in [0.25, 0.3) is 0 Å². The summed E-state index contributed by atoms with van der Waals surface area (Å²) in [5, 5.41) is 13.1. The van der Waals surface area contributed by atoms with Crippen LogP contribution in [-0.4, -0.2) is 38.8 Å². The van der Waals surface area contributed by atoms with Gasteiger partial charge in [0.15, 0.2) is 5.69 Å². The zero-order chi connectivity index (χ0) is 14.8. The monoisotopic (exact) mass is 305 g/mol. The maximum Gasteiger partial charge on any atom is 0.356 e. The molecule has 6 heteroatoms. The minimum atomic E-state index is -0.959. The summed E-state index contributed by atoms with van der Waals surface area (Å²) in [6.07, 6.45) is 3.82. The van der Waals surface area contributed by atoms with Crippen molar-refractivity contribution in [3.05, 3.63) is 39.8 Å². The third kappa shape index (κ3) is 3.33. The van der Waals surface area contributed by atoms with Crippen LogP contribution >= 0.6 is 11.3 Å². The highest BCUT2D eigenvalue weighted by Crippen LogP contribution is 2.25. The molecule has 112 valence electrons. The number of aryl methyl sites for hydroxylation is 1. The molecule has 0 unspecified atom stereocenters. The lowest BCUT2D eigenvalue weighted by Gasteiger charge is -2.31. The van der Waals surface area contributed by atoms with Crippen LogP contribution in [0.4, 0.5) is 0 Å². The second kappa shape index (κ2) is 5.99. The summed E-state index contributed by atoms with van der Waals surface area (Å²) in [5.74, 6) is -0.959. The number of thiophene rings is 1. The molecule has 3 heterocycles. The van der Waals surface area contributed by atoms with Gasteiger partial charge in [0.05, 0.1) is 6.04 Å². The lowest BCUT2D eigenvalue weighted by molar-refractivity contribution is 0.0688. The van der Waals surface area contributed by atoms with Crippen molar-refractivity contribution in [3.8, 4) is 0 Å². The van der Waals surface area contributed by atoms with Crippen LogP contribution in [0.15, 0.2) is 24.4 Å². The van der Waals surface area contributed by atoms with Crippen LogP contribution in [0, 0.1) is 6.92 Å². The molecule has 1 saturated heterocycles. The summed E-state index contributed by atoms with van der Waals surface area (Å²) >= 11 is 1.86. The Labute approximate surface area is 127 Å². The molecule has 1 aliphatic heterocycles. The second-order valence-electron chi connectivity index (χ2n) is 5.51. The molecule has 0 bridgehead atoms. The quantitative estimate of drug-likeness (QED) is 0.943. The number of nitrogens with zero attached hydrogens (tertiary/aromatic N) is 3. The molecule has 0 saturated carbocycles. The van der Waals surface area contributed by atoms with E-state index in [1.807, 2.05) is 16.0 Å². The van der Waals surface area contributed by atoms with Crippen LogP contribution in [0.1, 0.15) is 39.1 Å². The molecule has 5 nitrogen and oxygen atoms in total. The van der Waals surface area contributed by atoms with Crippen molar-refractivity contribution in [3.63, 3.8) is 0 Å². The Morgan fingerprint density at radius 3 is 2.71 bits per heavy atom. The van der Waals surface area contributed by atoms with Crippen LogP contribution in [0.5, 0.6) is 0 Å². The van der Waals surface area contributed by atoms with E-state index in [-0.39, 0.29) is 5.69 Å². The average Bonchev–Trinajstić information content (AvgIpc) is 3.09. The first-order valence-corrected chi connectivity index (χ1v) is 7.99. The zero-order valence-corrected chi connectivity index (χ0v) is 12.8. The molecule has 1 N–H and O–H groups in total. The summed E-state index contributed by atoms with van der Waals surface area (Å²) in [4.78, 5) is 16.1. The third-order valence-corrected chi connectivity index (χ3v) is 4.92. The van der Waals surface area contributed by atoms with Gasteiger partial charge >= 0.3 is 5.97 Å². The topological polar surface area (TPSA) is 58.4 Å². The molecule has 3 rings (SSSR count). The fraction of sp³-hybridized carbons (Fsp3) is 0.467. The smallest absolute Gasteiger partial charge is 0.356 e. The first-order valence-electron chi connectivity index (χ1n) is 7.18. The van der Waals surface area contributed by atoms with Crippen LogP contribution in [-0.2, 0) is 6.54 Å². The molecule has 0 aromatic carbocycles. The molecule has 1 fully saturated rings. The molecule has 0 radical (unpaired) electrons. The number of hydrogen-bond donors (Lipinski definition) is 1. The van der Waals surface area contributed by atoms with E-state index >= 15 is 0 Å². The number of hydrogen-bond acceptors (Lipinski definition) is 4. The first-order chi connectivity index (χ1) is 10.1. The molecule has 0 aliphatic carbocycles. The van der Waals surface area contributed by atoms with E-state index in [4.69, 9.17) is 5.11 Å². The van der Waals surface area contributed by atoms with Gasteiger partial charge in [-0.1, -0.05) is 0 Å². The predicted molar refractivity (Wildman–Crippen MR) is 81.8 cm³/mol. The van der Waals surface area contributed by atoms with Gasteiger partial charge in [0, 0.05) is 35.6 Å². The number of aromatic carboxylic acids is 1. The number of piperidine rings is 1. The second-order valence-corrected chi connectivity index (χ2v) is 6.88. The highest BCUT2D eigenvalue weighted by Gasteiger charge is 2.22. The summed E-state index contributed by atoms with van der Waals surface area (Å²) < 4.78 is 1.82. The van der Waals surface area contributed by atoms with E-state index in [1.54, 1.807) is 12.3 Å². The van der Waals surface area contributed by atoms with E-state index in [0.717, 1.165) is 32.5 Å². The minimum Gasteiger partial charge on any atom is -0.476 e. The van der Waals surface area contributed by atoms with Crippen molar-refractivity contribution in [1.82, 2.24) is 14.7 Å². The Hall–Kier alpha value is -1.66. The van der Waals surface area contributed by atoms with E-state index in [9.17, 15) is 4.79 Å². The van der Waals surface area contributed by atoms with Gasteiger partial charge in [-0.2, -0.15) is 5.10 Å². The lowest BCUT2D eigenvalue weighted by Crippen LogP contribution is -2.34. The highest BCUT2D eigenvalue weighted by molar-refractivity contribution is 7.11. The number of carbonyl (C=O) groups is 1. The SMILES string of the molecule is Cc1ccc(CN2CCC(n3ccc(C(=O)O)n3)CC2)s1. The number of rotatable bonds is 4. The third-order valence-electron chi connectivity index (χ3n) is 3.93. The van der Waals surface area contributed by atoms with Gasteiger partial charge in [0.2, 0.25) is 0 Å². The fourth-order valence-electron chi connectivity index (χ4n) is 2.79. The largest absolute Gasteiger partial charge is 0.476 e. The molecule has 0 atom stereocenters. The van der Waals surface area contributed by atoms with Crippen molar-refractivity contribution in [2.75, 3.05) is 13.1 Å². The van der Waals surface area contributed by atoms with E-state index in [0.29, 0.717) is 6.04 Å². The number of carboxylic acid groups (broad SMARTS) is 1. The maximum absolute atomic E-state index is 10.9. The maximum atomic E-state index is 10.9. The number of carboxylic acids is 1. The van der Waals surface area contributed by atoms with Gasteiger partial charge in [-0.3, -0.25) is 9.58 Å². The molecule has 1 aliphatic rings. The summed E-state index contributed by atoms with van der Waals surface area (Å²) in [6, 6.07) is 6.27. The highest BCUT2D eigenvalue weighted by atomic mass is 32.1. The van der Waals surface area contributed by atoms with Crippen LogP contribution in [0.2, 0.25) is 0 Å². The van der Waals surface area contributed by atoms with E-state index in [1.165, 1.54) is 9.75 Å². The van der Waals surface area contributed by atoms with Crippen molar-refractivity contribution in [2.24, 2.45) is 0 Å². The molecular weight excluding hydrogens is 286 g/mol. The Balaban J connectivity index is 1.55. The van der Waals surface area contributed by atoms with Gasteiger partial charge in [0.1, 0.15) is 0 Å². The van der Waals surface area contributed by atoms with Crippen LogP contribution in [0.3, 0.4) is 0 Å². The van der Waals surface area contributed by atoms with Crippen molar-refractivity contribution < 1.29 is 9.90 Å².